The predicted octanol–water partition coefficient (Wildman–Crippen LogP) is 5.09. The first-order valence-corrected chi connectivity index (χ1v) is 11.1. The maximum absolute atomic E-state index is 12.8. The number of hydrogen-bond donors (Lipinski definition) is 2. The molecule has 13 heteroatoms. The Bertz CT molecular complexity index is 1180. The minimum Gasteiger partial charge on any atom is -0.488 e. The Morgan fingerprint density at radius 3 is 2.66 bits per heavy atom. The smallest absolute Gasteiger partial charge is 0.488 e. The molecule has 0 unspecified atom stereocenters. The van der Waals surface area contributed by atoms with Gasteiger partial charge in [0.15, 0.2) is 16.7 Å². The topological polar surface area (TPSA) is 111 Å². The van der Waals surface area contributed by atoms with E-state index >= 15 is 0 Å². The summed E-state index contributed by atoms with van der Waals surface area (Å²) in [5.41, 5.74) is 0.887. The Labute approximate surface area is 202 Å². The van der Waals surface area contributed by atoms with Crippen molar-refractivity contribution >= 4 is 17.7 Å². The molecule has 0 bridgehead atoms. The number of rotatable bonds is 7. The number of amides is 1. The van der Waals surface area contributed by atoms with Gasteiger partial charge in [0.2, 0.25) is 0 Å². The Balaban J connectivity index is 1.50. The van der Waals surface area contributed by atoms with E-state index in [4.69, 9.17) is 21.4 Å². The number of benzene rings is 1. The van der Waals surface area contributed by atoms with E-state index in [1.165, 1.54) is 41.6 Å². The molecule has 2 aromatic heterocycles. The summed E-state index contributed by atoms with van der Waals surface area (Å²) in [7, 11) is 0. The summed E-state index contributed by atoms with van der Waals surface area (Å²) in [5, 5.41) is 15.6. The summed E-state index contributed by atoms with van der Waals surface area (Å²) in [6.07, 6.45) is 1.26. The lowest BCUT2D eigenvalue weighted by Crippen LogP contribution is -2.37. The molecule has 3 aromatic rings. The standard InChI is InChI=1S/C22H21ClF3N5O4/c23-20-19(34-11-13-5-7-15(8-6-13)30-21(32)33)18(27-12-28-20)14-9-29-31(10-14)16-3-1-2-4-17(16)35-22(24,25)26/h1-4,9-10,12-13,15,30H,5-8,11H2,(H,32,33)/t13-,15+. The van der Waals surface area contributed by atoms with Crippen molar-refractivity contribution in [2.24, 2.45) is 5.92 Å². The fourth-order valence-electron chi connectivity index (χ4n) is 3.97. The molecule has 2 heterocycles. The van der Waals surface area contributed by atoms with Crippen LogP contribution in [-0.2, 0) is 0 Å². The van der Waals surface area contributed by atoms with Crippen LogP contribution >= 0.6 is 11.6 Å². The van der Waals surface area contributed by atoms with Crippen molar-refractivity contribution in [2.75, 3.05) is 6.61 Å². The number of hydrogen-bond acceptors (Lipinski definition) is 6. The Kier molecular flexibility index (Phi) is 7.29. The molecule has 1 aliphatic rings. The normalized spacial score (nSPS) is 18.2. The highest BCUT2D eigenvalue weighted by atomic mass is 35.5. The number of nitrogens with one attached hydrogen (secondary N) is 1. The van der Waals surface area contributed by atoms with Crippen LogP contribution in [0, 0.1) is 5.92 Å². The van der Waals surface area contributed by atoms with Gasteiger partial charge < -0.3 is 19.9 Å². The average Bonchev–Trinajstić information content (AvgIpc) is 3.28. The van der Waals surface area contributed by atoms with Crippen LogP contribution < -0.4 is 14.8 Å². The first-order chi connectivity index (χ1) is 16.7. The maximum Gasteiger partial charge on any atom is 0.573 e. The number of nitrogens with zero attached hydrogens (tertiary/aromatic N) is 4. The monoisotopic (exact) mass is 511 g/mol. The fraction of sp³-hybridized carbons (Fsp3) is 0.364. The quantitative estimate of drug-likeness (QED) is 0.425. The summed E-state index contributed by atoms with van der Waals surface area (Å²) in [5.74, 6) is 0.0271. The van der Waals surface area contributed by atoms with Gasteiger partial charge >= 0.3 is 12.5 Å². The Morgan fingerprint density at radius 2 is 1.94 bits per heavy atom. The highest BCUT2D eigenvalue weighted by Crippen LogP contribution is 2.35. The van der Waals surface area contributed by atoms with Gasteiger partial charge in [-0.15, -0.1) is 13.2 Å². The number of aromatic nitrogens is 4. The second-order valence-corrected chi connectivity index (χ2v) is 8.37. The number of para-hydroxylation sites is 2. The molecule has 0 saturated heterocycles. The minimum absolute atomic E-state index is 0.0713. The number of halogens is 4. The van der Waals surface area contributed by atoms with E-state index in [0.29, 0.717) is 30.7 Å². The van der Waals surface area contributed by atoms with E-state index in [1.54, 1.807) is 6.07 Å². The fourth-order valence-corrected chi connectivity index (χ4v) is 4.16. The zero-order valence-electron chi connectivity index (χ0n) is 18.2. The van der Waals surface area contributed by atoms with Gasteiger partial charge in [0.05, 0.1) is 12.8 Å². The highest BCUT2D eigenvalue weighted by molar-refractivity contribution is 6.31. The van der Waals surface area contributed by atoms with Crippen molar-refractivity contribution in [3.05, 3.63) is 48.1 Å². The van der Waals surface area contributed by atoms with Crippen molar-refractivity contribution in [1.29, 1.82) is 0 Å². The third-order valence-corrected chi connectivity index (χ3v) is 5.86. The van der Waals surface area contributed by atoms with Gasteiger partial charge in [-0.1, -0.05) is 23.7 Å². The molecule has 0 atom stereocenters. The van der Waals surface area contributed by atoms with E-state index < -0.39 is 18.2 Å². The van der Waals surface area contributed by atoms with Gasteiger partial charge in [0, 0.05) is 17.8 Å². The van der Waals surface area contributed by atoms with E-state index in [1.807, 2.05) is 0 Å². The molecule has 1 fully saturated rings. The van der Waals surface area contributed by atoms with Gasteiger partial charge in [-0.3, -0.25) is 0 Å². The van der Waals surface area contributed by atoms with Gasteiger partial charge in [-0.2, -0.15) is 5.10 Å². The molecule has 0 spiro atoms. The lowest BCUT2D eigenvalue weighted by Gasteiger charge is -2.28. The first-order valence-electron chi connectivity index (χ1n) is 10.7. The maximum atomic E-state index is 12.8. The van der Waals surface area contributed by atoms with E-state index in [2.05, 4.69) is 25.1 Å². The summed E-state index contributed by atoms with van der Waals surface area (Å²) >= 11 is 6.28. The Hall–Kier alpha value is -3.54. The van der Waals surface area contributed by atoms with Gasteiger partial charge in [-0.05, 0) is 43.7 Å². The molecule has 9 nitrogen and oxygen atoms in total. The average molecular weight is 512 g/mol. The summed E-state index contributed by atoms with van der Waals surface area (Å²) in [6.45, 7) is 0.330. The molecule has 1 aromatic carbocycles. The molecule has 1 aliphatic carbocycles. The lowest BCUT2D eigenvalue weighted by atomic mass is 9.86. The van der Waals surface area contributed by atoms with Crippen LogP contribution in [0.1, 0.15) is 25.7 Å². The van der Waals surface area contributed by atoms with E-state index in [9.17, 15) is 18.0 Å². The second kappa shape index (κ2) is 10.4. The largest absolute Gasteiger partial charge is 0.573 e. The SMILES string of the molecule is O=C(O)N[C@H]1CC[C@@H](COc2c(Cl)ncnc2-c2cnn(-c3ccccc3OC(F)(F)F)c2)CC1. The third-order valence-electron chi connectivity index (χ3n) is 5.59. The van der Waals surface area contributed by atoms with Crippen molar-refractivity contribution < 1.29 is 32.5 Å². The molecule has 2 N–H and O–H groups in total. The van der Waals surface area contributed by atoms with Crippen LogP contribution in [0.25, 0.3) is 16.9 Å². The van der Waals surface area contributed by atoms with Crippen molar-refractivity contribution in [3.8, 4) is 28.4 Å². The van der Waals surface area contributed by atoms with Crippen molar-refractivity contribution in [1.82, 2.24) is 25.1 Å². The number of carbonyl (C=O) groups is 1. The highest BCUT2D eigenvalue weighted by Gasteiger charge is 2.32. The Morgan fingerprint density at radius 1 is 1.20 bits per heavy atom. The first kappa shape index (κ1) is 24.6. The molecule has 186 valence electrons. The molecular weight excluding hydrogens is 491 g/mol. The van der Waals surface area contributed by atoms with Gasteiger partial charge in [0.1, 0.15) is 17.7 Å². The zero-order chi connectivity index (χ0) is 25.0. The predicted molar refractivity (Wildman–Crippen MR) is 119 cm³/mol. The summed E-state index contributed by atoms with van der Waals surface area (Å²) in [6, 6.07) is 5.56. The molecule has 1 amide bonds. The van der Waals surface area contributed by atoms with Gasteiger partial charge in [0.25, 0.3) is 0 Å². The second-order valence-electron chi connectivity index (χ2n) is 8.01. The lowest BCUT2D eigenvalue weighted by molar-refractivity contribution is -0.274. The minimum atomic E-state index is -4.85. The molecule has 35 heavy (non-hydrogen) atoms. The van der Waals surface area contributed by atoms with Crippen LogP contribution in [0.3, 0.4) is 0 Å². The zero-order valence-corrected chi connectivity index (χ0v) is 19.0. The van der Waals surface area contributed by atoms with Crippen molar-refractivity contribution in [3.63, 3.8) is 0 Å². The third kappa shape index (κ3) is 6.32. The molecule has 0 aliphatic heterocycles. The molecule has 1 saturated carbocycles. The van der Waals surface area contributed by atoms with Crippen LogP contribution in [0.4, 0.5) is 18.0 Å². The summed E-state index contributed by atoms with van der Waals surface area (Å²) < 4.78 is 49.7. The van der Waals surface area contributed by atoms with E-state index in [-0.39, 0.29) is 28.5 Å². The van der Waals surface area contributed by atoms with Crippen LogP contribution in [-0.4, -0.2) is 50.0 Å². The molecular formula is C22H21ClF3N5O4. The molecule has 4 rings (SSSR count). The van der Waals surface area contributed by atoms with Crippen LogP contribution in [0.2, 0.25) is 5.15 Å². The van der Waals surface area contributed by atoms with E-state index in [0.717, 1.165) is 12.8 Å². The number of ether oxygens (including phenoxy) is 2. The number of carboxylic acid groups (broad SMARTS) is 1. The van der Waals surface area contributed by atoms with Crippen LogP contribution in [0.15, 0.2) is 43.0 Å². The van der Waals surface area contributed by atoms with Gasteiger partial charge in [-0.25, -0.2) is 19.4 Å². The number of alkyl halides is 3. The molecule has 0 radical (unpaired) electrons. The summed E-state index contributed by atoms with van der Waals surface area (Å²) in [4.78, 5) is 19.0. The van der Waals surface area contributed by atoms with Crippen molar-refractivity contribution in [2.45, 2.75) is 38.1 Å². The van der Waals surface area contributed by atoms with Crippen LogP contribution in [0.5, 0.6) is 11.5 Å².